The molecule has 1 aliphatic carbocycles. The molecule has 1 N–H and O–H groups in total. The second kappa shape index (κ2) is 5.43. The van der Waals surface area contributed by atoms with Crippen molar-refractivity contribution in [3.63, 3.8) is 0 Å². The van der Waals surface area contributed by atoms with Crippen molar-refractivity contribution in [2.24, 2.45) is 5.92 Å². The molecule has 1 aliphatic heterocycles. The van der Waals surface area contributed by atoms with Crippen LogP contribution in [0.3, 0.4) is 0 Å². The van der Waals surface area contributed by atoms with E-state index in [0.717, 1.165) is 21.5 Å². The van der Waals surface area contributed by atoms with Gasteiger partial charge in [0.2, 0.25) is 0 Å². The smallest absolute Gasteiger partial charge is 0.0554 e. The Morgan fingerprint density at radius 2 is 2.09 bits per heavy atom. The molecule has 1 heterocycles. The van der Waals surface area contributed by atoms with Crippen LogP contribution in [0.15, 0.2) is 53.0 Å². The predicted octanol–water partition coefficient (Wildman–Crippen LogP) is 6.24. The van der Waals surface area contributed by atoms with Gasteiger partial charge in [-0.3, -0.25) is 0 Å². The first-order valence-electron chi connectivity index (χ1n) is 7.63. The van der Waals surface area contributed by atoms with Crippen molar-refractivity contribution in [3.8, 4) is 0 Å². The molecule has 2 aromatic rings. The van der Waals surface area contributed by atoms with Crippen LogP contribution in [-0.2, 0) is 0 Å². The Balaban J connectivity index is 1.84. The maximum absolute atomic E-state index is 6.34. The molecule has 3 atom stereocenters. The molecule has 0 saturated heterocycles. The molecule has 0 aromatic heterocycles. The zero-order valence-electron chi connectivity index (χ0n) is 12.3. The third-order valence-electron chi connectivity index (χ3n) is 4.94. The highest BCUT2D eigenvalue weighted by atomic mass is 79.9. The Bertz CT molecular complexity index is 768. The third kappa shape index (κ3) is 2.21. The fourth-order valence-corrected chi connectivity index (χ4v) is 4.39. The molecular formula is C19H17BrClN. The van der Waals surface area contributed by atoms with Crippen LogP contribution in [0, 0.1) is 12.8 Å². The number of hydrogen-bond donors (Lipinski definition) is 1. The van der Waals surface area contributed by atoms with Crippen molar-refractivity contribution in [2.45, 2.75) is 25.3 Å². The molecule has 0 bridgehead atoms. The molecule has 3 heteroatoms. The van der Waals surface area contributed by atoms with E-state index in [9.17, 15) is 0 Å². The van der Waals surface area contributed by atoms with Crippen LogP contribution in [0.25, 0.3) is 0 Å². The number of rotatable bonds is 1. The second-order valence-corrected chi connectivity index (χ2v) is 7.49. The van der Waals surface area contributed by atoms with Gasteiger partial charge in [-0.15, -0.1) is 0 Å². The lowest BCUT2D eigenvalue weighted by Crippen LogP contribution is -2.29. The van der Waals surface area contributed by atoms with Crippen LogP contribution in [-0.4, -0.2) is 0 Å². The molecule has 0 spiro atoms. The molecule has 0 fully saturated rings. The summed E-state index contributed by atoms with van der Waals surface area (Å²) in [5.41, 5.74) is 5.08. The number of fused-ring (bicyclic) bond motifs is 3. The van der Waals surface area contributed by atoms with Gasteiger partial charge >= 0.3 is 0 Å². The van der Waals surface area contributed by atoms with Crippen molar-refractivity contribution in [3.05, 3.63) is 74.7 Å². The molecule has 112 valence electrons. The van der Waals surface area contributed by atoms with Crippen LogP contribution in [0.5, 0.6) is 0 Å². The molecule has 22 heavy (non-hydrogen) atoms. The zero-order chi connectivity index (χ0) is 15.3. The Morgan fingerprint density at radius 1 is 1.23 bits per heavy atom. The minimum absolute atomic E-state index is 0.321. The standard InChI is InChI=1S/C19H17BrClN/c1-11-17(21)9-8-16-14-6-3-7-15(14)19(22-18(11)16)12-4-2-5-13(20)10-12/h2-6,8-10,14-15,19,22H,7H2,1H3/t14-,15-,19+/m0/s1. The highest BCUT2D eigenvalue weighted by Crippen LogP contribution is 2.51. The van der Waals surface area contributed by atoms with Gasteiger partial charge in [0, 0.05) is 21.1 Å². The summed E-state index contributed by atoms with van der Waals surface area (Å²) in [4.78, 5) is 0. The summed E-state index contributed by atoms with van der Waals surface area (Å²) in [5.74, 6) is 1.05. The van der Waals surface area contributed by atoms with Crippen LogP contribution in [0.4, 0.5) is 5.69 Å². The summed E-state index contributed by atoms with van der Waals surface area (Å²) in [6.07, 6.45) is 5.81. The average Bonchev–Trinajstić information content (AvgIpc) is 3.00. The van der Waals surface area contributed by atoms with Gasteiger partial charge < -0.3 is 5.32 Å². The van der Waals surface area contributed by atoms with Gasteiger partial charge in [0.1, 0.15) is 0 Å². The second-order valence-electron chi connectivity index (χ2n) is 6.17. The highest BCUT2D eigenvalue weighted by molar-refractivity contribution is 9.10. The van der Waals surface area contributed by atoms with Gasteiger partial charge in [0.25, 0.3) is 0 Å². The Morgan fingerprint density at radius 3 is 2.91 bits per heavy atom. The molecule has 0 saturated carbocycles. The molecular weight excluding hydrogens is 358 g/mol. The van der Waals surface area contributed by atoms with Crippen LogP contribution in [0.2, 0.25) is 5.02 Å². The van der Waals surface area contributed by atoms with Crippen molar-refractivity contribution in [1.82, 2.24) is 0 Å². The SMILES string of the molecule is Cc1c(Cl)ccc2c1N[C@H](c1cccc(Br)c1)[C@H]1CC=C[C@H]21. The molecule has 4 rings (SSSR count). The Hall–Kier alpha value is -1.25. The summed E-state index contributed by atoms with van der Waals surface area (Å²) in [6, 6.07) is 13.1. The van der Waals surface area contributed by atoms with E-state index < -0.39 is 0 Å². The van der Waals surface area contributed by atoms with E-state index in [0.29, 0.717) is 17.9 Å². The number of benzene rings is 2. The fourth-order valence-electron chi connectivity index (χ4n) is 3.82. The summed E-state index contributed by atoms with van der Waals surface area (Å²) < 4.78 is 1.13. The maximum atomic E-state index is 6.34. The van der Waals surface area contributed by atoms with E-state index in [-0.39, 0.29) is 0 Å². The van der Waals surface area contributed by atoms with Crippen molar-refractivity contribution in [2.75, 3.05) is 5.32 Å². The quantitative estimate of drug-likeness (QED) is 0.583. The molecule has 1 nitrogen and oxygen atoms in total. The van der Waals surface area contributed by atoms with Crippen LogP contribution >= 0.6 is 27.5 Å². The molecule has 2 aromatic carbocycles. The molecule has 0 radical (unpaired) electrons. The van der Waals surface area contributed by atoms with Gasteiger partial charge in [-0.05, 0) is 54.2 Å². The summed E-state index contributed by atoms with van der Waals surface area (Å²) in [5, 5.41) is 4.61. The number of halogens is 2. The van der Waals surface area contributed by atoms with E-state index >= 15 is 0 Å². The van der Waals surface area contributed by atoms with Gasteiger partial charge in [0.05, 0.1) is 6.04 Å². The van der Waals surface area contributed by atoms with Gasteiger partial charge in [0.15, 0.2) is 0 Å². The first-order valence-corrected chi connectivity index (χ1v) is 8.80. The van der Waals surface area contributed by atoms with Gasteiger partial charge in [-0.25, -0.2) is 0 Å². The average molecular weight is 375 g/mol. The van der Waals surface area contributed by atoms with Crippen LogP contribution < -0.4 is 5.32 Å². The van der Waals surface area contributed by atoms with E-state index in [1.807, 2.05) is 6.07 Å². The van der Waals surface area contributed by atoms with E-state index in [2.05, 4.69) is 70.7 Å². The summed E-state index contributed by atoms with van der Waals surface area (Å²) in [7, 11) is 0. The summed E-state index contributed by atoms with van der Waals surface area (Å²) in [6.45, 7) is 2.10. The largest absolute Gasteiger partial charge is 0.377 e. The van der Waals surface area contributed by atoms with E-state index in [4.69, 9.17) is 11.6 Å². The lowest BCUT2D eigenvalue weighted by molar-refractivity contribution is 0.425. The molecule has 0 amide bonds. The maximum Gasteiger partial charge on any atom is 0.0554 e. The topological polar surface area (TPSA) is 12.0 Å². The Kier molecular flexibility index (Phi) is 3.54. The first kappa shape index (κ1) is 14.3. The monoisotopic (exact) mass is 373 g/mol. The van der Waals surface area contributed by atoms with Gasteiger partial charge in [-0.2, -0.15) is 0 Å². The number of anilines is 1. The molecule has 0 unspecified atom stereocenters. The number of hydrogen-bond acceptors (Lipinski definition) is 1. The lowest BCUT2D eigenvalue weighted by Gasteiger charge is -2.38. The van der Waals surface area contributed by atoms with Crippen molar-refractivity contribution < 1.29 is 0 Å². The minimum atomic E-state index is 0.321. The number of nitrogens with one attached hydrogen (secondary N) is 1. The lowest BCUT2D eigenvalue weighted by atomic mass is 9.76. The number of allylic oxidation sites excluding steroid dienone is 2. The minimum Gasteiger partial charge on any atom is -0.377 e. The van der Waals surface area contributed by atoms with E-state index in [1.165, 1.54) is 16.8 Å². The third-order valence-corrected chi connectivity index (χ3v) is 5.84. The zero-order valence-corrected chi connectivity index (χ0v) is 14.7. The highest BCUT2D eigenvalue weighted by Gasteiger charge is 2.38. The first-order chi connectivity index (χ1) is 10.6. The Labute approximate surface area is 144 Å². The fraction of sp³-hybridized carbons (Fsp3) is 0.263. The molecule has 2 aliphatic rings. The van der Waals surface area contributed by atoms with Gasteiger partial charge in [-0.1, -0.05) is 57.9 Å². The van der Waals surface area contributed by atoms with Crippen molar-refractivity contribution >= 4 is 33.2 Å². The van der Waals surface area contributed by atoms with Crippen LogP contribution in [0.1, 0.15) is 35.1 Å². The predicted molar refractivity (Wildman–Crippen MR) is 96.7 cm³/mol. The van der Waals surface area contributed by atoms with Crippen molar-refractivity contribution in [1.29, 1.82) is 0 Å². The normalized spacial score (nSPS) is 25.5. The van der Waals surface area contributed by atoms with E-state index in [1.54, 1.807) is 0 Å². The summed E-state index contributed by atoms with van der Waals surface area (Å²) >= 11 is 9.94.